The third-order valence-electron chi connectivity index (χ3n) is 11.9. The van der Waals surface area contributed by atoms with Crippen molar-refractivity contribution < 1.29 is 0 Å². The molecule has 0 bridgehead atoms. The standard InChI is InChI=1S/C34H22N4.C12H8I2.C11H8N2/c1-3-7-31-27(5-1)29-17-19-35-21-33(29)37(31)25-13-9-23(10-14-25)24-11-15-26(16-12-24)38-32-8-4-2-6-28(32)30-18-20-36-22-34(30)38;13-11-5-1-9(2-6-11)10-3-7-12(14)8-4-10;1-2-4-10-8(3-1)9-5-6-12-7-11(9)13-10/h1-22H;1-8H;1-7,13H. The van der Waals surface area contributed by atoms with Crippen molar-refractivity contribution in [2.24, 2.45) is 0 Å². The van der Waals surface area contributed by atoms with Crippen LogP contribution in [0.3, 0.4) is 0 Å². The summed E-state index contributed by atoms with van der Waals surface area (Å²) < 4.78 is 7.13. The second-order valence-corrected chi connectivity index (χ2v) is 18.2. The van der Waals surface area contributed by atoms with Crippen molar-refractivity contribution in [3.63, 3.8) is 0 Å². The summed E-state index contributed by atoms with van der Waals surface area (Å²) >= 11 is 4.64. The van der Waals surface area contributed by atoms with Gasteiger partial charge in [-0.3, -0.25) is 15.0 Å². The molecule has 0 aliphatic rings. The average Bonchev–Trinajstić information content (AvgIpc) is 4.03. The van der Waals surface area contributed by atoms with E-state index in [9.17, 15) is 0 Å². The first-order valence-electron chi connectivity index (χ1n) is 21.3. The number of nitrogens with one attached hydrogen (secondary N) is 1. The van der Waals surface area contributed by atoms with Gasteiger partial charge in [-0.2, -0.15) is 0 Å². The second-order valence-electron chi connectivity index (χ2n) is 15.7. The van der Waals surface area contributed by atoms with Crippen molar-refractivity contribution in [3.05, 3.63) is 232 Å². The second kappa shape index (κ2) is 17.8. The van der Waals surface area contributed by atoms with E-state index in [1.54, 1.807) is 0 Å². The quantitative estimate of drug-likeness (QED) is 0.179. The summed E-state index contributed by atoms with van der Waals surface area (Å²) in [6, 6.07) is 66.3. The van der Waals surface area contributed by atoms with Crippen LogP contribution in [-0.2, 0) is 0 Å². The van der Waals surface area contributed by atoms with Crippen LogP contribution in [0, 0.1) is 7.14 Å². The molecule has 0 amide bonds. The summed E-state index contributed by atoms with van der Waals surface area (Å²) in [5.74, 6) is 0. The molecule has 6 nitrogen and oxygen atoms in total. The minimum atomic E-state index is 1.10. The molecule has 6 aromatic heterocycles. The number of nitrogens with zero attached hydrogens (tertiary/aromatic N) is 5. The van der Waals surface area contributed by atoms with Crippen LogP contribution in [0.25, 0.3) is 99.0 Å². The smallest absolute Gasteiger partial charge is 0.0724 e. The van der Waals surface area contributed by atoms with E-state index in [0.29, 0.717) is 0 Å². The van der Waals surface area contributed by atoms with Gasteiger partial charge in [0.15, 0.2) is 0 Å². The molecule has 13 rings (SSSR count). The highest BCUT2D eigenvalue weighted by atomic mass is 127. The number of benzene rings is 7. The Morgan fingerprint density at radius 1 is 0.308 bits per heavy atom. The minimum Gasteiger partial charge on any atom is -0.353 e. The molecular weight excluding hydrogens is 1020 g/mol. The number of pyridine rings is 3. The number of aromatic amines is 1. The Balaban J connectivity index is 0.000000141. The first kappa shape index (κ1) is 40.6. The number of halogens is 2. The lowest BCUT2D eigenvalue weighted by molar-refractivity contribution is 1.16. The maximum absolute atomic E-state index is 4.40. The van der Waals surface area contributed by atoms with Crippen LogP contribution >= 0.6 is 45.2 Å². The molecule has 0 aliphatic heterocycles. The number of hydrogen-bond donors (Lipinski definition) is 1. The highest BCUT2D eigenvalue weighted by molar-refractivity contribution is 14.1. The maximum Gasteiger partial charge on any atom is 0.0724 e. The molecule has 0 fully saturated rings. The number of hydrogen-bond acceptors (Lipinski definition) is 3. The van der Waals surface area contributed by atoms with Gasteiger partial charge >= 0.3 is 0 Å². The molecule has 0 unspecified atom stereocenters. The zero-order chi connectivity index (χ0) is 43.7. The van der Waals surface area contributed by atoms with Crippen LogP contribution < -0.4 is 0 Å². The Kier molecular flexibility index (Phi) is 11.1. The van der Waals surface area contributed by atoms with Crippen molar-refractivity contribution in [1.82, 2.24) is 29.1 Å². The van der Waals surface area contributed by atoms with Gasteiger partial charge in [-0.15, -0.1) is 0 Å². The molecule has 0 spiro atoms. The summed E-state index contributed by atoms with van der Waals surface area (Å²) in [4.78, 5) is 16.2. The van der Waals surface area contributed by atoms with Crippen LogP contribution in [0.5, 0.6) is 0 Å². The van der Waals surface area contributed by atoms with E-state index < -0.39 is 0 Å². The number of para-hydroxylation sites is 3. The summed E-state index contributed by atoms with van der Waals surface area (Å²) in [7, 11) is 0. The van der Waals surface area contributed by atoms with E-state index in [1.807, 2.05) is 49.3 Å². The highest BCUT2D eigenvalue weighted by Gasteiger charge is 2.14. The number of fused-ring (bicyclic) bond motifs is 9. The molecule has 0 saturated heterocycles. The lowest BCUT2D eigenvalue weighted by atomic mass is 10.0. The fraction of sp³-hybridized carbons (Fsp3) is 0. The van der Waals surface area contributed by atoms with E-state index >= 15 is 0 Å². The summed E-state index contributed by atoms with van der Waals surface area (Å²) in [6.45, 7) is 0. The van der Waals surface area contributed by atoms with Crippen LogP contribution in [0.15, 0.2) is 225 Å². The average molecular weight is 1060 g/mol. The largest absolute Gasteiger partial charge is 0.353 e. The fourth-order valence-electron chi connectivity index (χ4n) is 8.78. The molecule has 13 aromatic rings. The molecule has 0 atom stereocenters. The molecule has 6 heterocycles. The van der Waals surface area contributed by atoms with E-state index in [2.05, 4.69) is 250 Å². The highest BCUT2D eigenvalue weighted by Crippen LogP contribution is 2.34. The van der Waals surface area contributed by atoms with Gasteiger partial charge < -0.3 is 14.1 Å². The fourth-order valence-corrected chi connectivity index (χ4v) is 9.50. The first-order valence-corrected chi connectivity index (χ1v) is 23.4. The van der Waals surface area contributed by atoms with Crippen molar-refractivity contribution in [1.29, 1.82) is 0 Å². The molecule has 310 valence electrons. The Labute approximate surface area is 402 Å². The molecule has 0 aliphatic carbocycles. The lowest BCUT2D eigenvalue weighted by Gasteiger charge is -2.11. The van der Waals surface area contributed by atoms with Crippen molar-refractivity contribution >= 4 is 111 Å². The Hall–Kier alpha value is -7.15. The van der Waals surface area contributed by atoms with E-state index in [0.717, 1.165) is 27.9 Å². The molecule has 7 aromatic carbocycles. The summed E-state index contributed by atoms with van der Waals surface area (Å²) in [6.07, 6.45) is 11.3. The normalized spacial score (nSPS) is 11.2. The number of rotatable bonds is 4. The zero-order valence-corrected chi connectivity index (χ0v) is 39.2. The van der Waals surface area contributed by atoms with Gasteiger partial charge in [0.1, 0.15) is 0 Å². The predicted molar refractivity (Wildman–Crippen MR) is 287 cm³/mol. The topological polar surface area (TPSA) is 64.3 Å². The van der Waals surface area contributed by atoms with Crippen molar-refractivity contribution in [2.75, 3.05) is 0 Å². The molecule has 1 N–H and O–H groups in total. The summed E-state index contributed by atoms with van der Waals surface area (Å²) in [5, 5.41) is 7.42. The molecular formula is C57H38I2N6. The minimum absolute atomic E-state index is 1.10. The molecule has 65 heavy (non-hydrogen) atoms. The monoisotopic (exact) mass is 1060 g/mol. The van der Waals surface area contributed by atoms with Gasteiger partial charge in [0.25, 0.3) is 0 Å². The van der Waals surface area contributed by atoms with Gasteiger partial charge in [0.2, 0.25) is 0 Å². The third kappa shape index (κ3) is 7.93. The number of H-pyrrole nitrogens is 1. The van der Waals surface area contributed by atoms with Crippen LogP contribution in [0.2, 0.25) is 0 Å². The van der Waals surface area contributed by atoms with E-state index in [4.69, 9.17) is 0 Å². The van der Waals surface area contributed by atoms with Crippen molar-refractivity contribution in [3.8, 4) is 33.6 Å². The van der Waals surface area contributed by atoms with E-state index in [1.165, 1.54) is 78.3 Å². The van der Waals surface area contributed by atoms with Gasteiger partial charge in [0, 0.05) is 74.9 Å². The van der Waals surface area contributed by atoms with Crippen LogP contribution in [0.1, 0.15) is 0 Å². The van der Waals surface area contributed by atoms with Crippen molar-refractivity contribution in [2.45, 2.75) is 0 Å². The Morgan fingerprint density at radius 2 is 0.662 bits per heavy atom. The predicted octanol–water partition coefficient (Wildman–Crippen LogP) is 15.6. The third-order valence-corrected chi connectivity index (χ3v) is 13.3. The van der Waals surface area contributed by atoms with Crippen LogP contribution in [-0.4, -0.2) is 29.1 Å². The van der Waals surface area contributed by atoms with E-state index in [-0.39, 0.29) is 0 Å². The van der Waals surface area contributed by atoms with Gasteiger partial charge in [0.05, 0.1) is 46.2 Å². The zero-order valence-electron chi connectivity index (χ0n) is 34.9. The molecule has 8 heteroatoms. The Morgan fingerprint density at radius 3 is 1.14 bits per heavy atom. The summed E-state index contributed by atoms with van der Waals surface area (Å²) in [5.41, 5.74) is 14.1. The maximum atomic E-state index is 4.40. The Bertz CT molecular complexity index is 3420. The molecule has 0 radical (unpaired) electrons. The number of aromatic nitrogens is 6. The lowest BCUT2D eigenvalue weighted by Crippen LogP contribution is -1.95. The van der Waals surface area contributed by atoms with Gasteiger partial charge in [-0.25, -0.2) is 0 Å². The van der Waals surface area contributed by atoms with Gasteiger partial charge in [-0.1, -0.05) is 103 Å². The first-order chi connectivity index (χ1) is 32.1. The SMILES string of the molecule is Ic1ccc(-c2ccc(I)cc2)cc1.c1ccc2c(c1)[nH]c1cnccc12.c1ccc2c(c1)c1ccncc1n2-c1ccc(-c2ccc(-n3c4ccccc4c4ccncc43)cc2)cc1. The molecule has 0 saturated carbocycles. The van der Waals surface area contributed by atoms with Gasteiger partial charge in [-0.05, 0) is 152 Å². The van der Waals surface area contributed by atoms with Crippen LogP contribution in [0.4, 0.5) is 0 Å².